The Morgan fingerprint density at radius 1 is 1.15 bits per heavy atom. The van der Waals surface area contributed by atoms with E-state index >= 15 is 0 Å². The third kappa shape index (κ3) is 3.50. The standard InChI is InChI=1S/C23H30N2O/c1-17(19-9-5-13-24-16-19)15-23(26)25-14-6-12-22(25)21-11-4-8-18-7-2-3-10-20(18)21/h2-4,7-8,10-11,17,19,22,24H,5-6,9,12-16H2,1H3. The number of carbonyl (C=O) groups excluding carboxylic acids is 1. The summed E-state index contributed by atoms with van der Waals surface area (Å²) in [6.07, 6.45) is 5.38. The van der Waals surface area contributed by atoms with E-state index in [4.69, 9.17) is 0 Å². The van der Waals surface area contributed by atoms with E-state index in [1.807, 2.05) is 0 Å². The Morgan fingerprint density at radius 3 is 2.85 bits per heavy atom. The first-order valence-electron chi connectivity index (χ1n) is 10.2. The van der Waals surface area contributed by atoms with E-state index in [1.165, 1.54) is 29.2 Å². The summed E-state index contributed by atoms with van der Waals surface area (Å²) in [6.45, 7) is 5.37. The summed E-state index contributed by atoms with van der Waals surface area (Å²) in [5.41, 5.74) is 1.32. The normalized spacial score (nSPS) is 24.7. The molecular weight excluding hydrogens is 320 g/mol. The summed E-state index contributed by atoms with van der Waals surface area (Å²) in [6, 6.07) is 15.3. The van der Waals surface area contributed by atoms with Crippen molar-refractivity contribution in [1.82, 2.24) is 10.2 Å². The maximum atomic E-state index is 13.1. The van der Waals surface area contributed by atoms with Gasteiger partial charge in [-0.15, -0.1) is 0 Å². The topological polar surface area (TPSA) is 32.3 Å². The molecule has 0 spiro atoms. The second-order valence-electron chi connectivity index (χ2n) is 8.10. The molecule has 0 saturated carbocycles. The number of piperidine rings is 1. The van der Waals surface area contributed by atoms with Crippen molar-refractivity contribution >= 4 is 16.7 Å². The molecule has 2 aromatic carbocycles. The number of likely N-dealkylation sites (tertiary alicyclic amines) is 1. The summed E-state index contributed by atoms with van der Waals surface area (Å²) < 4.78 is 0. The third-order valence-corrected chi connectivity index (χ3v) is 6.39. The monoisotopic (exact) mass is 350 g/mol. The van der Waals surface area contributed by atoms with Crippen LogP contribution in [0.3, 0.4) is 0 Å². The van der Waals surface area contributed by atoms with Crippen molar-refractivity contribution in [3.63, 3.8) is 0 Å². The van der Waals surface area contributed by atoms with Gasteiger partial charge >= 0.3 is 0 Å². The molecule has 0 bridgehead atoms. The lowest BCUT2D eigenvalue weighted by atomic mass is 9.85. The molecule has 2 saturated heterocycles. The molecule has 0 aliphatic carbocycles. The van der Waals surface area contributed by atoms with Gasteiger partial charge in [-0.05, 0) is 66.9 Å². The van der Waals surface area contributed by atoms with E-state index in [-0.39, 0.29) is 6.04 Å². The molecule has 138 valence electrons. The van der Waals surface area contributed by atoms with Crippen LogP contribution in [0.5, 0.6) is 0 Å². The molecule has 2 aromatic rings. The minimum absolute atomic E-state index is 0.241. The molecule has 26 heavy (non-hydrogen) atoms. The number of carbonyl (C=O) groups is 1. The molecule has 3 nitrogen and oxygen atoms in total. The first-order valence-corrected chi connectivity index (χ1v) is 10.2. The number of hydrogen-bond donors (Lipinski definition) is 1. The van der Waals surface area contributed by atoms with Crippen molar-refractivity contribution in [2.24, 2.45) is 11.8 Å². The van der Waals surface area contributed by atoms with Crippen molar-refractivity contribution in [3.8, 4) is 0 Å². The lowest BCUT2D eigenvalue weighted by Crippen LogP contribution is -2.37. The van der Waals surface area contributed by atoms with Crippen LogP contribution in [0.4, 0.5) is 0 Å². The number of nitrogens with one attached hydrogen (secondary N) is 1. The van der Waals surface area contributed by atoms with E-state index < -0.39 is 0 Å². The maximum Gasteiger partial charge on any atom is 0.223 e. The molecule has 2 aliphatic heterocycles. The van der Waals surface area contributed by atoms with E-state index in [0.717, 1.165) is 32.5 Å². The molecule has 1 amide bonds. The average Bonchev–Trinajstić information content (AvgIpc) is 3.18. The van der Waals surface area contributed by atoms with Crippen LogP contribution in [0.1, 0.15) is 50.6 Å². The zero-order valence-corrected chi connectivity index (χ0v) is 15.8. The first kappa shape index (κ1) is 17.5. The van der Waals surface area contributed by atoms with Crippen LogP contribution in [0.2, 0.25) is 0 Å². The Labute approximate surface area is 156 Å². The Kier molecular flexibility index (Phi) is 5.26. The molecule has 1 N–H and O–H groups in total. The number of hydrogen-bond acceptors (Lipinski definition) is 2. The smallest absolute Gasteiger partial charge is 0.223 e. The van der Waals surface area contributed by atoms with Crippen LogP contribution >= 0.6 is 0 Å². The molecule has 3 unspecified atom stereocenters. The van der Waals surface area contributed by atoms with Crippen LogP contribution in [-0.4, -0.2) is 30.4 Å². The molecule has 0 aromatic heterocycles. The highest BCUT2D eigenvalue weighted by atomic mass is 16.2. The van der Waals surface area contributed by atoms with E-state index in [2.05, 4.69) is 59.6 Å². The van der Waals surface area contributed by atoms with Crippen LogP contribution in [0.15, 0.2) is 42.5 Å². The number of amides is 1. The molecule has 3 heteroatoms. The van der Waals surface area contributed by atoms with E-state index in [9.17, 15) is 4.79 Å². The van der Waals surface area contributed by atoms with Crippen LogP contribution < -0.4 is 5.32 Å². The average molecular weight is 351 g/mol. The van der Waals surface area contributed by atoms with E-state index in [0.29, 0.717) is 24.2 Å². The number of benzene rings is 2. The fourth-order valence-corrected chi connectivity index (χ4v) is 4.85. The first-order chi connectivity index (χ1) is 12.7. The van der Waals surface area contributed by atoms with Crippen molar-refractivity contribution in [2.45, 2.75) is 45.1 Å². The largest absolute Gasteiger partial charge is 0.336 e. The van der Waals surface area contributed by atoms with Gasteiger partial charge in [-0.1, -0.05) is 49.4 Å². The van der Waals surface area contributed by atoms with Gasteiger partial charge in [0.2, 0.25) is 5.91 Å². The van der Waals surface area contributed by atoms with Gasteiger partial charge in [0.25, 0.3) is 0 Å². The summed E-state index contributed by atoms with van der Waals surface area (Å²) >= 11 is 0. The number of fused-ring (bicyclic) bond motifs is 1. The lowest BCUT2D eigenvalue weighted by molar-refractivity contribution is -0.133. The molecule has 2 heterocycles. The third-order valence-electron chi connectivity index (χ3n) is 6.39. The Hall–Kier alpha value is -1.87. The summed E-state index contributed by atoms with van der Waals surface area (Å²) in [4.78, 5) is 15.3. The second kappa shape index (κ2) is 7.79. The SMILES string of the molecule is CC(CC(=O)N1CCCC1c1cccc2ccccc12)C1CCCNC1. The van der Waals surface area contributed by atoms with Crippen molar-refractivity contribution in [2.75, 3.05) is 19.6 Å². The summed E-state index contributed by atoms with van der Waals surface area (Å²) in [5.74, 6) is 1.45. The van der Waals surface area contributed by atoms with Gasteiger partial charge in [-0.2, -0.15) is 0 Å². The van der Waals surface area contributed by atoms with Gasteiger partial charge < -0.3 is 10.2 Å². The van der Waals surface area contributed by atoms with Gasteiger partial charge in [0.05, 0.1) is 6.04 Å². The molecule has 3 atom stereocenters. The molecule has 2 aliphatic rings. The Balaban J connectivity index is 1.51. The lowest BCUT2D eigenvalue weighted by Gasteiger charge is -2.31. The molecule has 4 rings (SSSR count). The van der Waals surface area contributed by atoms with Gasteiger partial charge in [0.1, 0.15) is 0 Å². The molecule has 2 fully saturated rings. The van der Waals surface area contributed by atoms with Crippen molar-refractivity contribution in [3.05, 3.63) is 48.0 Å². The van der Waals surface area contributed by atoms with Crippen molar-refractivity contribution < 1.29 is 4.79 Å². The highest BCUT2D eigenvalue weighted by Crippen LogP contribution is 2.37. The van der Waals surface area contributed by atoms with Crippen LogP contribution in [0, 0.1) is 11.8 Å². The quantitative estimate of drug-likeness (QED) is 0.879. The minimum atomic E-state index is 0.241. The second-order valence-corrected chi connectivity index (χ2v) is 8.10. The highest BCUT2D eigenvalue weighted by Gasteiger charge is 2.32. The van der Waals surface area contributed by atoms with Crippen LogP contribution in [-0.2, 0) is 4.79 Å². The summed E-state index contributed by atoms with van der Waals surface area (Å²) in [7, 11) is 0. The fourth-order valence-electron chi connectivity index (χ4n) is 4.85. The zero-order chi connectivity index (χ0) is 17.9. The highest BCUT2D eigenvalue weighted by molar-refractivity contribution is 5.87. The Bertz CT molecular complexity index is 760. The fraction of sp³-hybridized carbons (Fsp3) is 0.522. The number of rotatable bonds is 4. The predicted molar refractivity (Wildman–Crippen MR) is 107 cm³/mol. The Morgan fingerprint density at radius 2 is 2.00 bits per heavy atom. The van der Waals surface area contributed by atoms with E-state index in [1.54, 1.807) is 0 Å². The van der Waals surface area contributed by atoms with Crippen LogP contribution in [0.25, 0.3) is 10.8 Å². The zero-order valence-electron chi connectivity index (χ0n) is 15.8. The van der Waals surface area contributed by atoms with Gasteiger partial charge in [-0.3, -0.25) is 4.79 Å². The summed E-state index contributed by atoms with van der Waals surface area (Å²) in [5, 5.41) is 6.05. The number of nitrogens with zero attached hydrogens (tertiary/aromatic N) is 1. The molecular formula is C23H30N2O. The predicted octanol–water partition coefficient (Wildman–Crippen LogP) is 4.53. The maximum absolute atomic E-state index is 13.1. The van der Waals surface area contributed by atoms with Gasteiger partial charge in [0.15, 0.2) is 0 Å². The molecule has 0 radical (unpaired) electrons. The van der Waals surface area contributed by atoms with Gasteiger partial charge in [-0.25, -0.2) is 0 Å². The van der Waals surface area contributed by atoms with Crippen molar-refractivity contribution in [1.29, 1.82) is 0 Å². The minimum Gasteiger partial charge on any atom is -0.336 e. The van der Waals surface area contributed by atoms with Gasteiger partial charge in [0, 0.05) is 13.0 Å².